The Morgan fingerprint density at radius 3 is 2.33 bits per heavy atom. The number of pyridine rings is 1. The maximum atomic E-state index is 12.8. The van der Waals surface area contributed by atoms with Crippen LogP contribution in [-0.4, -0.2) is 30.6 Å². The van der Waals surface area contributed by atoms with Crippen LogP contribution in [0.3, 0.4) is 0 Å². The first-order valence-electron chi connectivity index (χ1n) is 7.82. The minimum absolute atomic E-state index is 0.161. The highest BCUT2D eigenvalue weighted by atomic mass is 16.2. The van der Waals surface area contributed by atoms with Crippen molar-refractivity contribution in [3.05, 3.63) is 71.4 Å². The molecule has 1 heterocycles. The Balaban J connectivity index is 1.80. The van der Waals surface area contributed by atoms with Crippen LogP contribution in [0.5, 0.6) is 0 Å². The van der Waals surface area contributed by atoms with E-state index in [0.29, 0.717) is 11.3 Å². The molecule has 3 aromatic rings. The molecule has 4 nitrogen and oxygen atoms in total. The lowest BCUT2D eigenvalue weighted by Crippen LogP contribution is -2.14. The summed E-state index contributed by atoms with van der Waals surface area (Å²) in [6.45, 7) is 0. The lowest BCUT2D eigenvalue weighted by atomic mass is 9.94. The molecule has 4 rings (SSSR count). The van der Waals surface area contributed by atoms with E-state index in [1.165, 1.54) is 0 Å². The van der Waals surface area contributed by atoms with Crippen molar-refractivity contribution >= 4 is 28.2 Å². The van der Waals surface area contributed by atoms with E-state index in [1.807, 2.05) is 67.5 Å². The molecule has 0 spiro atoms. The zero-order valence-corrected chi connectivity index (χ0v) is 13.5. The average Bonchev–Trinajstić information content (AvgIpc) is 2.84. The summed E-state index contributed by atoms with van der Waals surface area (Å²) >= 11 is 0. The Kier molecular flexibility index (Phi) is 3.20. The molecule has 0 aliphatic heterocycles. The zero-order chi connectivity index (χ0) is 16.8. The van der Waals surface area contributed by atoms with Gasteiger partial charge in [-0.15, -0.1) is 0 Å². The summed E-state index contributed by atoms with van der Waals surface area (Å²) in [4.78, 5) is 32.0. The molecule has 0 bridgehead atoms. The van der Waals surface area contributed by atoms with Crippen molar-refractivity contribution in [2.75, 3.05) is 19.0 Å². The molecule has 1 aromatic heterocycles. The quantitative estimate of drug-likeness (QED) is 0.679. The molecule has 24 heavy (non-hydrogen) atoms. The summed E-state index contributed by atoms with van der Waals surface area (Å²) in [5.41, 5.74) is 3.21. The lowest BCUT2D eigenvalue weighted by molar-refractivity contribution is 0.0888. The number of rotatable bonds is 2. The van der Waals surface area contributed by atoms with E-state index in [1.54, 1.807) is 6.07 Å². The molecule has 1 atom stereocenters. The summed E-state index contributed by atoms with van der Waals surface area (Å²) in [6, 6.07) is 16.8. The number of Topliss-reactive ketones (excluding diaryl/α,β-unsaturated/α-hetero) is 2. The molecule has 1 aliphatic rings. The van der Waals surface area contributed by atoms with Gasteiger partial charge in [0.1, 0.15) is 11.6 Å². The standard InChI is InChI=1S/C20H16N2O2/c1-22(2)14-9-7-12(8-10-14)17-19(23)15-11-13-5-3-4-6-16(13)21-18(15)20(17)24/h3-11,17H,1-2H3/t17-/m1/s1. The molecule has 0 saturated heterocycles. The second kappa shape index (κ2) is 5.27. The van der Waals surface area contributed by atoms with Gasteiger partial charge in [-0.3, -0.25) is 9.59 Å². The second-order valence-corrected chi connectivity index (χ2v) is 6.22. The number of hydrogen-bond acceptors (Lipinski definition) is 4. The van der Waals surface area contributed by atoms with Crippen molar-refractivity contribution in [2.24, 2.45) is 0 Å². The van der Waals surface area contributed by atoms with E-state index in [2.05, 4.69) is 4.98 Å². The van der Waals surface area contributed by atoms with E-state index in [-0.39, 0.29) is 11.6 Å². The molecule has 4 heteroatoms. The van der Waals surface area contributed by atoms with Gasteiger partial charge in [-0.1, -0.05) is 30.3 Å². The Morgan fingerprint density at radius 1 is 0.917 bits per heavy atom. The molecule has 0 saturated carbocycles. The zero-order valence-electron chi connectivity index (χ0n) is 13.5. The Bertz CT molecular complexity index is 920. The molecule has 0 radical (unpaired) electrons. The SMILES string of the molecule is CN(C)c1ccc([C@@H]2C(=O)c3cc4ccccc4nc3C2=O)cc1. The first-order chi connectivity index (χ1) is 11.6. The fourth-order valence-electron chi connectivity index (χ4n) is 3.17. The van der Waals surface area contributed by atoms with E-state index >= 15 is 0 Å². The van der Waals surface area contributed by atoms with Gasteiger partial charge in [-0.25, -0.2) is 4.98 Å². The Labute approximate surface area is 139 Å². The third-order valence-corrected chi connectivity index (χ3v) is 4.49. The number of hydrogen-bond donors (Lipinski definition) is 0. The van der Waals surface area contributed by atoms with Crippen LogP contribution >= 0.6 is 0 Å². The maximum Gasteiger partial charge on any atom is 0.197 e. The molecular weight excluding hydrogens is 300 g/mol. The van der Waals surface area contributed by atoms with Crippen LogP contribution in [0.15, 0.2) is 54.6 Å². The van der Waals surface area contributed by atoms with Gasteiger partial charge in [0.15, 0.2) is 11.6 Å². The fourth-order valence-corrected chi connectivity index (χ4v) is 3.17. The number of ketones is 2. The first kappa shape index (κ1) is 14.6. The van der Waals surface area contributed by atoms with Gasteiger partial charge < -0.3 is 4.90 Å². The lowest BCUT2D eigenvalue weighted by Gasteiger charge is -2.14. The van der Waals surface area contributed by atoms with Crippen molar-refractivity contribution in [3.63, 3.8) is 0 Å². The van der Waals surface area contributed by atoms with Crippen LogP contribution < -0.4 is 4.90 Å². The third kappa shape index (κ3) is 2.11. The van der Waals surface area contributed by atoms with E-state index < -0.39 is 5.92 Å². The highest BCUT2D eigenvalue weighted by molar-refractivity contribution is 6.29. The van der Waals surface area contributed by atoms with Gasteiger partial charge in [0, 0.05) is 30.7 Å². The number of carbonyl (C=O) groups excluding carboxylic acids is 2. The monoisotopic (exact) mass is 316 g/mol. The number of fused-ring (bicyclic) bond motifs is 2. The van der Waals surface area contributed by atoms with Gasteiger partial charge in [-0.2, -0.15) is 0 Å². The van der Waals surface area contributed by atoms with Crippen LogP contribution in [-0.2, 0) is 0 Å². The Morgan fingerprint density at radius 2 is 1.62 bits per heavy atom. The molecule has 118 valence electrons. The van der Waals surface area contributed by atoms with Gasteiger partial charge in [0.05, 0.1) is 5.52 Å². The van der Waals surface area contributed by atoms with E-state index in [0.717, 1.165) is 22.2 Å². The third-order valence-electron chi connectivity index (χ3n) is 4.49. The number of anilines is 1. The smallest absolute Gasteiger partial charge is 0.197 e. The molecule has 0 unspecified atom stereocenters. The average molecular weight is 316 g/mol. The molecule has 1 aliphatic carbocycles. The Hall–Kier alpha value is -3.01. The van der Waals surface area contributed by atoms with Crippen LogP contribution in [0.4, 0.5) is 5.69 Å². The first-order valence-corrected chi connectivity index (χ1v) is 7.82. The predicted molar refractivity (Wildman–Crippen MR) is 93.9 cm³/mol. The molecule has 2 aromatic carbocycles. The highest BCUT2D eigenvalue weighted by Gasteiger charge is 2.41. The summed E-state index contributed by atoms with van der Waals surface area (Å²) in [6.07, 6.45) is 0. The van der Waals surface area contributed by atoms with E-state index in [4.69, 9.17) is 0 Å². The predicted octanol–water partition coefficient (Wildman–Crippen LogP) is 3.46. The van der Waals surface area contributed by atoms with Crippen LogP contribution in [0.2, 0.25) is 0 Å². The van der Waals surface area contributed by atoms with Gasteiger partial charge in [0.2, 0.25) is 0 Å². The van der Waals surface area contributed by atoms with Gasteiger partial charge in [0.25, 0.3) is 0 Å². The molecule has 0 N–H and O–H groups in total. The molecule has 0 amide bonds. The van der Waals surface area contributed by atoms with Gasteiger partial charge >= 0.3 is 0 Å². The number of aromatic nitrogens is 1. The van der Waals surface area contributed by atoms with E-state index in [9.17, 15) is 9.59 Å². The van der Waals surface area contributed by atoms with Crippen molar-refractivity contribution in [1.29, 1.82) is 0 Å². The van der Waals surface area contributed by atoms with Crippen molar-refractivity contribution < 1.29 is 9.59 Å². The number of nitrogens with zero attached hydrogens (tertiary/aromatic N) is 2. The minimum atomic E-state index is -0.777. The van der Waals surface area contributed by atoms with Crippen LogP contribution in [0.25, 0.3) is 10.9 Å². The highest BCUT2D eigenvalue weighted by Crippen LogP contribution is 2.35. The normalized spacial score (nSPS) is 16.5. The molecular formula is C20H16N2O2. The van der Waals surface area contributed by atoms with Crippen molar-refractivity contribution in [1.82, 2.24) is 4.98 Å². The molecule has 0 fully saturated rings. The summed E-state index contributed by atoms with van der Waals surface area (Å²) in [5, 5.41) is 0.876. The number of carbonyl (C=O) groups is 2. The summed E-state index contributed by atoms with van der Waals surface area (Å²) < 4.78 is 0. The second-order valence-electron chi connectivity index (χ2n) is 6.22. The fraction of sp³-hybridized carbons (Fsp3) is 0.150. The van der Waals surface area contributed by atoms with Crippen molar-refractivity contribution in [2.45, 2.75) is 5.92 Å². The largest absolute Gasteiger partial charge is 0.378 e. The summed E-state index contributed by atoms with van der Waals surface area (Å²) in [5.74, 6) is -1.15. The minimum Gasteiger partial charge on any atom is -0.378 e. The van der Waals surface area contributed by atoms with Crippen LogP contribution in [0, 0.1) is 0 Å². The van der Waals surface area contributed by atoms with Crippen molar-refractivity contribution in [3.8, 4) is 0 Å². The topological polar surface area (TPSA) is 50.3 Å². The summed E-state index contributed by atoms with van der Waals surface area (Å²) in [7, 11) is 3.90. The number of benzene rings is 2. The van der Waals surface area contributed by atoms with Crippen LogP contribution in [0.1, 0.15) is 32.3 Å². The number of para-hydroxylation sites is 1. The van der Waals surface area contributed by atoms with Gasteiger partial charge in [-0.05, 0) is 29.8 Å². The maximum absolute atomic E-state index is 12.8.